The fraction of sp³-hybridized carbons (Fsp3) is 0.571. The molecular formula is C14H19NO4S. The number of aryl methyl sites for hydroxylation is 2. The Labute approximate surface area is 122 Å². The van der Waals surface area contributed by atoms with Gasteiger partial charge in [0.2, 0.25) is 0 Å². The first-order chi connectivity index (χ1) is 9.47. The molecule has 2 atom stereocenters. The van der Waals surface area contributed by atoms with Crippen LogP contribution < -0.4 is 0 Å². The predicted octanol–water partition coefficient (Wildman–Crippen LogP) is 1.93. The molecule has 1 aromatic heterocycles. The molecule has 2 unspecified atom stereocenters. The molecule has 0 radical (unpaired) electrons. The molecule has 1 aliphatic rings. The highest BCUT2D eigenvalue weighted by Crippen LogP contribution is 2.28. The molecule has 110 valence electrons. The number of amides is 1. The van der Waals surface area contributed by atoms with Crippen LogP contribution in [-0.2, 0) is 16.0 Å². The Kier molecular flexibility index (Phi) is 4.45. The van der Waals surface area contributed by atoms with E-state index < -0.39 is 12.0 Å². The van der Waals surface area contributed by atoms with E-state index in [2.05, 4.69) is 0 Å². The van der Waals surface area contributed by atoms with Gasteiger partial charge in [-0.25, -0.2) is 4.79 Å². The fourth-order valence-corrected chi connectivity index (χ4v) is 3.61. The average Bonchev–Trinajstić information content (AvgIpc) is 3.01. The number of hydrogen-bond acceptors (Lipinski definition) is 4. The number of ether oxygens (including phenoxy) is 1. The van der Waals surface area contributed by atoms with Gasteiger partial charge in [0.05, 0.1) is 11.0 Å². The van der Waals surface area contributed by atoms with Crippen molar-refractivity contribution >= 4 is 23.2 Å². The molecule has 1 saturated heterocycles. The zero-order chi connectivity index (χ0) is 14.9. The normalized spacial score (nSPS) is 22.2. The molecule has 5 nitrogen and oxygen atoms in total. The Balaban J connectivity index is 2.24. The van der Waals surface area contributed by atoms with Gasteiger partial charge >= 0.3 is 5.97 Å². The number of nitrogens with zero attached hydrogens (tertiary/aromatic N) is 1. The lowest BCUT2D eigenvalue weighted by molar-refractivity contribution is -0.141. The highest BCUT2D eigenvalue weighted by Gasteiger charge is 2.40. The lowest BCUT2D eigenvalue weighted by Crippen LogP contribution is -2.40. The summed E-state index contributed by atoms with van der Waals surface area (Å²) in [6, 6.07) is 1.06. The Morgan fingerprint density at radius 1 is 1.55 bits per heavy atom. The molecule has 0 aromatic carbocycles. The maximum absolute atomic E-state index is 12.5. The van der Waals surface area contributed by atoms with Crippen LogP contribution in [0.5, 0.6) is 0 Å². The molecule has 2 rings (SSSR count). The molecule has 0 saturated carbocycles. The first kappa shape index (κ1) is 15.0. The van der Waals surface area contributed by atoms with Crippen molar-refractivity contribution in [3.63, 3.8) is 0 Å². The maximum Gasteiger partial charge on any atom is 0.326 e. The number of rotatable bonds is 4. The standard InChI is InChI=1S/C14H19NO4S/c1-4-11-8(2)5-12(20-11)13(16)15-7-9(19-3)6-10(15)14(17)18/h5,9-10H,4,6-7H2,1-3H3,(H,17,18). The van der Waals surface area contributed by atoms with Crippen LogP contribution in [0, 0.1) is 6.92 Å². The number of likely N-dealkylation sites (tertiary alicyclic amines) is 1. The third kappa shape index (κ3) is 2.71. The zero-order valence-electron chi connectivity index (χ0n) is 11.9. The summed E-state index contributed by atoms with van der Waals surface area (Å²) in [5, 5.41) is 9.25. The zero-order valence-corrected chi connectivity index (χ0v) is 12.7. The first-order valence-electron chi connectivity index (χ1n) is 6.63. The SMILES string of the molecule is CCc1sc(C(=O)N2CC(OC)CC2C(=O)O)cc1C. The summed E-state index contributed by atoms with van der Waals surface area (Å²) in [7, 11) is 1.54. The van der Waals surface area contributed by atoms with Crippen LogP contribution in [0.3, 0.4) is 0 Å². The van der Waals surface area contributed by atoms with Gasteiger partial charge in [0.15, 0.2) is 0 Å². The number of carboxylic acids is 1. The van der Waals surface area contributed by atoms with E-state index in [0.29, 0.717) is 17.8 Å². The fourth-order valence-electron chi connectivity index (χ4n) is 2.54. The molecule has 0 bridgehead atoms. The summed E-state index contributed by atoms with van der Waals surface area (Å²) in [6.45, 7) is 4.36. The van der Waals surface area contributed by atoms with Crippen LogP contribution in [0.2, 0.25) is 0 Å². The van der Waals surface area contributed by atoms with E-state index in [4.69, 9.17) is 4.74 Å². The van der Waals surface area contributed by atoms with E-state index in [9.17, 15) is 14.7 Å². The average molecular weight is 297 g/mol. The molecule has 1 aliphatic heterocycles. The van der Waals surface area contributed by atoms with Crippen molar-refractivity contribution in [2.75, 3.05) is 13.7 Å². The first-order valence-corrected chi connectivity index (χ1v) is 7.45. The molecular weight excluding hydrogens is 278 g/mol. The summed E-state index contributed by atoms with van der Waals surface area (Å²) in [6.07, 6.45) is 1.03. The molecule has 0 spiro atoms. The largest absolute Gasteiger partial charge is 0.480 e. The number of carboxylic acid groups (broad SMARTS) is 1. The van der Waals surface area contributed by atoms with Crippen LogP contribution in [0.1, 0.15) is 33.5 Å². The minimum atomic E-state index is -0.970. The Hall–Kier alpha value is -1.40. The van der Waals surface area contributed by atoms with E-state index in [1.54, 1.807) is 7.11 Å². The number of carbonyl (C=O) groups excluding carboxylic acids is 1. The van der Waals surface area contributed by atoms with Gasteiger partial charge in [-0.3, -0.25) is 4.79 Å². The van der Waals surface area contributed by atoms with Crippen molar-refractivity contribution in [3.8, 4) is 0 Å². The van der Waals surface area contributed by atoms with Gasteiger partial charge in [0.25, 0.3) is 5.91 Å². The van der Waals surface area contributed by atoms with Crippen molar-refractivity contribution < 1.29 is 19.4 Å². The predicted molar refractivity (Wildman–Crippen MR) is 76.3 cm³/mol. The van der Waals surface area contributed by atoms with Gasteiger partial charge in [-0.15, -0.1) is 11.3 Å². The number of hydrogen-bond donors (Lipinski definition) is 1. The topological polar surface area (TPSA) is 66.8 Å². The van der Waals surface area contributed by atoms with E-state index in [1.807, 2.05) is 19.9 Å². The van der Waals surface area contributed by atoms with E-state index >= 15 is 0 Å². The van der Waals surface area contributed by atoms with Crippen LogP contribution in [0.25, 0.3) is 0 Å². The molecule has 2 heterocycles. The summed E-state index contributed by atoms with van der Waals surface area (Å²) in [5.41, 5.74) is 1.09. The molecule has 6 heteroatoms. The molecule has 1 fully saturated rings. The van der Waals surface area contributed by atoms with Crippen LogP contribution in [0.4, 0.5) is 0 Å². The minimum Gasteiger partial charge on any atom is -0.480 e. The third-order valence-electron chi connectivity index (χ3n) is 3.69. The van der Waals surface area contributed by atoms with Crippen molar-refractivity contribution in [2.45, 2.75) is 38.8 Å². The van der Waals surface area contributed by atoms with Crippen LogP contribution in [0.15, 0.2) is 6.07 Å². The third-order valence-corrected chi connectivity index (χ3v) is 5.06. The second-order valence-corrected chi connectivity index (χ2v) is 6.11. The quantitative estimate of drug-likeness (QED) is 0.922. The maximum atomic E-state index is 12.5. The number of methoxy groups -OCH3 is 1. The Bertz CT molecular complexity index is 525. The van der Waals surface area contributed by atoms with Crippen LogP contribution >= 0.6 is 11.3 Å². The smallest absolute Gasteiger partial charge is 0.326 e. The summed E-state index contributed by atoms with van der Waals surface area (Å²) < 4.78 is 5.20. The monoisotopic (exact) mass is 297 g/mol. The van der Waals surface area contributed by atoms with E-state index in [1.165, 1.54) is 21.1 Å². The highest BCUT2D eigenvalue weighted by atomic mass is 32.1. The van der Waals surface area contributed by atoms with Gasteiger partial charge in [0, 0.05) is 25.0 Å². The molecule has 1 amide bonds. The van der Waals surface area contributed by atoms with Gasteiger partial charge in [-0.2, -0.15) is 0 Å². The lowest BCUT2D eigenvalue weighted by atomic mass is 10.2. The summed E-state index contributed by atoms with van der Waals surface area (Å²) in [5.74, 6) is -1.17. The second kappa shape index (κ2) is 5.93. The number of thiophene rings is 1. The molecule has 20 heavy (non-hydrogen) atoms. The lowest BCUT2D eigenvalue weighted by Gasteiger charge is -2.20. The molecule has 1 N–H and O–H groups in total. The molecule has 1 aromatic rings. The Morgan fingerprint density at radius 3 is 2.75 bits per heavy atom. The Morgan fingerprint density at radius 2 is 2.25 bits per heavy atom. The van der Waals surface area contributed by atoms with Gasteiger partial charge in [0.1, 0.15) is 6.04 Å². The van der Waals surface area contributed by atoms with E-state index in [0.717, 1.165) is 12.0 Å². The van der Waals surface area contributed by atoms with Crippen molar-refractivity contribution in [2.24, 2.45) is 0 Å². The second-order valence-electron chi connectivity index (χ2n) is 4.98. The van der Waals surface area contributed by atoms with Gasteiger partial charge < -0.3 is 14.7 Å². The summed E-state index contributed by atoms with van der Waals surface area (Å²) in [4.78, 5) is 27.0. The minimum absolute atomic E-state index is 0.202. The van der Waals surface area contributed by atoms with Crippen molar-refractivity contribution in [3.05, 3.63) is 21.4 Å². The molecule has 0 aliphatic carbocycles. The van der Waals surface area contributed by atoms with Crippen molar-refractivity contribution in [1.82, 2.24) is 4.90 Å². The van der Waals surface area contributed by atoms with Crippen molar-refractivity contribution in [1.29, 1.82) is 0 Å². The van der Waals surface area contributed by atoms with Crippen LogP contribution in [-0.4, -0.2) is 47.7 Å². The highest BCUT2D eigenvalue weighted by molar-refractivity contribution is 7.14. The van der Waals surface area contributed by atoms with Gasteiger partial charge in [-0.05, 0) is 25.0 Å². The number of carbonyl (C=O) groups is 2. The van der Waals surface area contributed by atoms with E-state index in [-0.39, 0.29) is 12.0 Å². The van der Waals surface area contributed by atoms with Gasteiger partial charge in [-0.1, -0.05) is 6.92 Å². The number of aliphatic carboxylic acids is 1. The summed E-state index contributed by atoms with van der Waals surface area (Å²) >= 11 is 1.45.